The Labute approximate surface area is 127 Å². The predicted molar refractivity (Wildman–Crippen MR) is 75.5 cm³/mol. The van der Waals surface area contributed by atoms with Gasteiger partial charge in [-0.2, -0.15) is 10.3 Å². The molecule has 120 valence electrons. The lowest BCUT2D eigenvalue weighted by atomic mass is 10.1. The smallest absolute Gasteiger partial charge is 0.410 e. The fourth-order valence-electron chi connectivity index (χ4n) is 3.26. The maximum atomic E-state index is 12.1. The Hall–Kier alpha value is -2.12. The fourth-order valence-corrected chi connectivity index (χ4v) is 3.26. The van der Waals surface area contributed by atoms with E-state index < -0.39 is 11.6 Å². The number of H-pyrrole nitrogens is 1. The summed E-state index contributed by atoms with van der Waals surface area (Å²) in [5.41, 5.74) is -0.0174. The van der Waals surface area contributed by atoms with Crippen LogP contribution in [0.4, 0.5) is 4.79 Å². The van der Waals surface area contributed by atoms with Crippen LogP contribution in [0.5, 0.6) is 0 Å². The van der Waals surface area contributed by atoms with Crippen molar-refractivity contribution in [2.24, 2.45) is 11.8 Å². The molecule has 3 rings (SSSR count). The molecule has 2 heterocycles. The van der Waals surface area contributed by atoms with Gasteiger partial charge < -0.3 is 14.7 Å². The van der Waals surface area contributed by atoms with E-state index in [9.17, 15) is 9.59 Å². The summed E-state index contributed by atoms with van der Waals surface area (Å²) in [6.45, 7) is 6.73. The lowest BCUT2D eigenvalue weighted by molar-refractivity contribution is 0.0207. The number of carbonyl (C=O) groups excluding carboxylic acids is 1. The van der Waals surface area contributed by atoms with E-state index in [1.807, 2.05) is 20.8 Å². The van der Waals surface area contributed by atoms with Crippen molar-refractivity contribution in [3.63, 3.8) is 0 Å². The molecule has 2 N–H and O–H groups in total. The molecule has 3 unspecified atom stereocenters. The number of rotatable bonds is 2. The first kappa shape index (κ1) is 14.8. The normalized spacial score (nSPS) is 27.2. The van der Waals surface area contributed by atoms with Gasteiger partial charge in [0.05, 0.1) is 0 Å². The summed E-state index contributed by atoms with van der Waals surface area (Å²) in [6.07, 6.45) is 0.524. The van der Waals surface area contributed by atoms with Crippen LogP contribution in [0.25, 0.3) is 0 Å². The predicted octanol–water partition coefficient (Wildman–Crippen LogP) is 1.47. The van der Waals surface area contributed by atoms with E-state index in [2.05, 4.69) is 15.4 Å². The van der Waals surface area contributed by atoms with Crippen molar-refractivity contribution >= 4 is 12.1 Å². The number of nitrogens with one attached hydrogen (secondary N) is 1. The minimum atomic E-state index is -1.07. The largest absolute Gasteiger partial charge is 0.476 e. The van der Waals surface area contributed by atoms with Gasteiger partial charge in [-0.25, -0.2) is 9.59 Å². The van der Waals surface area contributed by atoms with Crippen molar-refractivity contribution in [3.8, 4) is 0 Å². The number of ether oxygens (including phenoxy) is 1. The van der Waals surface area contributed by atoms with E-state index in [0.717, 1.165) is 6.42 Å². The third-order valence-electron chi connectivity index (χ3n) is 4.24. The van der Waals surface area contributed by atoms with E-state index in [1.54, 1.807) is 4.90 Å². The number of aromatic nitrogens is 3. The molecule has 2 aliphatic rings. The van der Waals surface area contributed by atoms with Gasteiger partial charge in [0.2, 0.25) is 0 Å². The zero-order valence-electron chi connectivity index (χ0n) is 12.9. The maximum Gasteiger partial charge on any atom is 0.410 e. The number of carbonyl (C=O) groups is 2. The lowest BCUT2D eigenvalue weighted by Gasteiger charge is -2.29. The molecule has 8 heteroatoms. The minimum absolute atomic E-state index is 0.0109. The van der Waals surface area contributed by atoms with Crippen LogP contribution in [0, 0.1) is 11.8 Å². The molecule has 1 aliphatic carbocycles. The highest BCUT2D eigenvalue weighted by molar-refractivity contribution is 5.86. The van der Waals surface area contributed by atoms with Crippen molar-refractivity contribution in [2.45, 2.75) is 38.7 Å². The van der Waals surface area contributed by atoms with Crippen molar-refractivity contribution in [3.05, 3.63) is 11.4 Å². The first-order valence-electron chi connectivity index (χ1n) is 7.40. The molecule has 1 aromatic heterocycles. The number of aromatic carboxylic acids is 1. The van der Waals surface area contributed by atoms with Gasteiger partial charge in [-0.1, -0.05) is 0 Å². The summed E-state index contributed by atoms with van der Waals surface area (Å²) in [4.78, 5) is 25.0. The Morgan fingerprint density at radius 1 is 1.32 bits per heavy atom. The highest BCUT2D eigenvalue weighted by Gasteiger charge is 2.56. The minimum Gasteiger partial charge on any atom is -0.476 e. The van der Waals surface area contributed by atoms with Crippen LogP contribution < -0.4 is 0 Å². The number of carboxylic acid groups (broad SMARTS) is 1. The van der Waals surface area contributed by atoms with Gasteiger partial charge in [0.25, 0.3) is 0 Å². The molecule has 0 bridgehead atoms. The van der Waals surface area contributed by atoms with Gasteiger partial charge in [0.1, 0.15) is 11.3 Å². The van der Waals surface area contributed by atoms with Crippen LogP contribution in [0.1, 0.15) is 49.3 Å². The highest BCUT2D eigenvalue weighted by Crippen LogP contribution is 2.58. The van der Waals surface area contributed by atoms with Gasteiger partial charge in [0, 0.05) is 19.0 Å². The molecule has 8 nitrogen and oxygen atoms in total. The van der Waals surface area contributed by atoms with Crippen LogP contribution in [0.15, 0.2) is 0 Å². The Morgan fingerprint density at radius 2 is 2.05 bits per heavy atom. The molecule has 1 aromatic rings. The van der Waals surface area contributed by atoms with Crippen molar-refractivity contribution in [2.75, 3.05) is 13.1 Å². The van der Waals surface area contributed by atoms with E-state index >= 15 is 0 Å². The molecule has 0 aromatic carbocycles. The highest BCUT2D eigenvalue weighted by atomic mass is 16.6. The Morgan fingerprint density at radius 3 is 2.68 bits per heavy atom. The molecule has 0 radical (unpaired) electrons. The number of carboxylic acids is 1. The first-order chi connectivity index (χ1) is 10.3. The second-order valence-corrected chi connectivity index (χ2v) is 6.93. The molecule has 3 atom stereocenters. The SMILES string of the molecule is CC(C)(C)OC(=O)N1CCC2C(C1)C2c1n[nH]nc1C(=O)O. The van der Waals surface area contributed by atoms with E-state index in [4.69, 9.17) is 9.84 Å². The molecule has 1 aliphatic heterocycles. The molecule has 1 saturated heterocycles. The lowest BCUT2D eigenvalue weighted by Crippen LogP contribution is -2.40. The number of nitrogens with zero attached hydrogens (tertiary/aromatic N) is 3. The second-order valence-electron chi connectivity index (χ2n) is 6.93. The van der Waals surface area contributed by atoms with Gasteiger partial charge in [-0.15, -0.1) is 5.10 Å². The summed E-state index contributed by atoms with van der Waals surface area (Å²) >= 11 is 0. The van der Waals surface area contributed by atoms with Gasteiger partial charge >= 0.3 is 12.1 Å². The van der Waals surface area contributed by atoms with Gasteiger partial charge in [-0.3, -0.25) is 0 Å². The van der Waals surface area contributed by atoms with Crippen LogP contribution in [-0.2, 0) is 4.74 Å². The molecule has 1 saturated carbocycles. The fraction of sp³-hybridized carbons (Fsp3) is 0.714. The third-order valence-corrected chi connectivity index (χ3v) is 4.24. The number of fused-ring (bicyclic) bond motifs is 1. The number of amides is 1. The summed E-state index contributed by atoms with van der Waals surface area (Å²) in [6, 6.07) is 0. The van der Waals surface area contributed by atoms with E-state index in [0.29, 0.717) is 24.7 Å². The first-order valence-corrected chi connectivity index (χ1v) is 7.40. The summed E-state index contributed by atoms with van der Waals surface area (Å²) in [7, 11) is 0. The molecular formula is C14H20N4O4. The molecule has 2 fully saturated rings. The maximum absolute atomic E-state index is 12.1. The van der Waals surface area contributed by atoms with Crippen LogP contribution >= 0.6 is 0 Å². The Bertz CT molecular complexity index is 606. The summed E-state index contributed by atoms with van der Waals surface area (Å²) in [5.74, 6) is -0.389. The average Bonchev–Trinajstić information content (AvgIpc) is 2.90. The van der Waals surface area contributed by atoms with Crippen LogP contribution in [0.2, 0.25) is 0 Å². The van der Waals surface area contributed by atoms with Crippen LogP contribution in [-0.4, -0.2) is 56.2 Å². The Kier molecular flexibility index (Phi) is 3.34. The topological polar surface area (TPSA) is 108 Å². The van der Waals surface area contributed by atoms with Crippen molar-refractivity contribution in [1.29, 1.82) is 0 Å². The van der Waals surface area contributed by atoms with Gasteiger partial charge in [0.15, 0.2) is 5.69 Å². The average molecular weight is 308 g/mol. The number of aromatic amines is 1. The molecule has 1 amide bonds. The van der Waals surface area contributed by atoms with E-state index in [1.165, 1.54) is 0 Å². The quantitative estimate of drug-likeness (QED) is 0.856. The molecule has 0 spiro atoms. The standard InChI is InChI=1S/C14H20N4O4/c1-14(2,3)22-13(21)18-5-4-7-8(6-18)9(7)10-11(12(19)20)16-17-15-10/h7-9H,4-6H2,1-3H3,(H,19,20)(H,15,16,17). The summed E-state index contributed by atoms with van der Waals surface area (Å²) in [5, 5.41) is 19.2. The van der Waals surface area contributed by atoms with Crippen LogP contribution in [0.3, 0.4) is 0 Å². The zero-order valence-corrected chi connectivity index (χ0v) is 12.9. The number of hydrogen-bond acceptors (Lipinski definition) is 5. The van der Waals surface area contributed by atoms with Crippen molar-refractivity contribution < 1.29 is 19.4 Å². The summed E-state index contributed by atoms with van der Waals surface area (Å²) < 4.78 is 5.39. The monoisotopic (exact) mass is 308 g/mol. The number of likely N-dealkylation sites (tertiary alicyclic amines) is 1. The van der Waals surface area contributed by atoms with Gasteiger partial charge in [-0.05, 0) is 39.0 Å². The Balaban J connectivity index is 1.67. The number of piperidine rings is 1. The number of hydrogen-bond donors (Lipinski definition) is 2. The third kappa shape index (κ3) is 2.65. The molecule has 22 heavy (non-hydrogen) atoms. The second kappa shape index (κ2) is 4.96. The zero-order chi connectivity index (χ0) is 16.1. The molecular weight excluding hydrogens is 288 g/mol. The van der Waals surface area contributed by atoms with E-state index in [-0.39, 0.29) is 23.6 Å². The van der Waals surface area contributed by atoms with Crippen molar-refractivity contribution in [1.82, 2.24) is 20.3 Å².